The zero-order valence-corrected chi connectivity index (χ0v) is 22.2. The number of aryl methyl sites for hydroxylation is 1. The van der Waals surface area contributed by atoms with E-state index in [1.807, 2.05) is 54.8 Å². The van der Waals surface area contributed by atoms with Crippen molar-refractivity contribution in [3.63, 3.8) is 0 Å². The maximum Gasteiger partial charge on any atom is 0.342 e. The highest BCUT2D eigenvalue weighted by molar-refractivity contribution is 7.57. The predicted molar refractivity (Wildman–Crippen MR) is 143 cm³/mol. The largest absolute Gasteiger partial charge is 0.431 e. The van der Waals surface area contributed by atoms with Crippen molar-refractivity contribution in [3.8, 4) is 5.75 Å². The Kier molecular flexibility index (Phi) is 8.89. The number of hydrogen-bond acceptors (Lipinski definition) is 8. The Morgan fingerprint density at radius 1 is 1.05 bits per heavy atom. The number of fused-ring (bicyclic) bond motifs is 1. The number of nitrogens with zero attached hydrogens (tertiary/aromatic N) is 4. The van der Waals surface area contributed by atoms with Crippen molar-refractivity contribution < 1.29 is 18.6 Å². The summed E-state index contributed by atoms with van der Waals surface area (Å²) in [6.07, 6.45) is 2.60. The van der Waals surface area contributed by atoms with Crippen molar-refractivity contribution >= 4 is 24.5 Å². The van der Waals surface area contributed by atoms with Crippen molar-refractivity contribution in [3.05, 3.63) is 78.4 Å². The molecule has 2 aromatic carbocycles. The Labute approximate surface area is 216 Å². The van der Waals surface area contributed by atoms with E-state index in [0.717, 1.165) is 5.56 Å². The van der Waals surface area contributed by atoms with Crippen molar-refractivity contribution in [2.75, 3.05) is 18.7 Å². The minimum absolute atomic E-state index is 0.130. The van der Waals surface area contributed by atoms with E-state index in [4.69, 9.17) is 19.7 Å². The average molecular weight is 525 g/mol. The fourth-order valence-corrected chi connectivity index (χ4v) is 5.66. The van der Waals surface area contributed by atoms with E-state index in [0.29, 0.717) is 42.5 Å². The van der Waals surface area contributed by atoms with Crippen molar-refractivity contribution in [2.45, 2.75) is 46.1 Å². The van der Waals surface area contributed by atoms with Crippen molar-refractivity contribution in [1.82, 2.24) is 24.6 Å². The highest BCUT2D eigenvalue weighted by Crippen LogP contribution is 2.44. The minimum Gasteiger partial charge on any atom is -0.431 e. The zero-order chi connectivity index (χ0) is 26.3. The van der Waals surface area contributed by atoms with Gasteiger partial charge in [0.1, 0.15) is 23.9 Å². The third-order valence-electron chi connectivity index (χ3n) is 5.71. The molecule has 2 aromatic heterocycles. The summed E-state index contributed by atoms with van der Waals surface area (Å²) >= 11 is 0. The van der Waals surface area contributed by atoms with Crippen LogP contribution in [0.1, 0.15) is 25.0 Å². The molecule has 0 aliphatic heterocycles. The van der Waals surface area contributed by atoms with Crippen LogP contribution in [0.25, 0.3) is 11.2 Å². The average Bonchev–Trinajstić information content (AvgIpc) is 3.28. The summed E-state index contributed by atoms with van der Waals surface area (Å²) in [5.41, 5.74) is 9.32. The number of rotatable bonds is 13. The van der Waals surface area contributed by atoms with E-state index in [2.05, 4.69) is 33.0 Å². The number of nitrogens with two attached hydrogens (primary N) is 1. The first-order valence-electron chi connectivity index (χ1n) is 12.1. The van der Waals surface area contributed by atoms with Crippen LogP contribution < -0.4 is 15.3 Å². The van der Waals surface area contributed by atoms with Gasteiger partial charge in [0.25, 0.3) is 0 Å². The van der Waals surface area contributed by atoms with Crippen LogP contribution in [0, 0.1) is 6.92 Å². The second-order valence-electron chi connectivity index (χ2n) is 8.98. The van der Waals surface area contributed by atoms with E-state index in [9.17, 15) is 4.57 Å². The molecule has 0 fully saturated rings. The van der Waals surface area contributed by atoms with Gasteiger partial charge in [0.15, 0.2) is 11.5 Å². The molecule has 196 valence electrons. The quantitative estimate of drug-likeness (QED) is 0.242. The number of anilines is 1. The van der Waals surface area contributed by atoms with Gasteiger partial charge in [-0.15, -0.1) is 0 Å². The van der Waals surface area contributed by atoms with Crippen LogP contribution in [-0.4, -0.2) is 44.6 Å². The first-order valence-corrected chi connectivity index (χ1v) is 13.9. The number of nitrogen functional groups attached to an aromatic ring is 1. The second kappa shape index (κ2) is 12.3. The fourth-order valence-electron chi connectivity index (χ4n) is 3.82. The molecule has 0 radical (unpaired) electrons. The highest BCUT2D eigenvalue weighted by Gasteiger charge is 2.29. The van der Waals surface area contributed by atoms with Crippen LogP contribution in [0.2, 0.25) is 0 Å². The lowest BCUT2D eigenvalue weighted by atomic mass is 10.1. The summed E-state index contributed by atoms with van der Waals surface area (Å²) < 4.78 is 33.5. The number of ether oxygens (including phenoxy) is 2. The molecule has 3 N–H and O–H groups in total. The van der Waals surface area contributed by atoms with Gasteiger partial charge < -0.3 is 24.3 Å². The van der Waals surface area contributed by atoms with Gasteiger partial charge in [-0.25, -0.2) is 20.0 Å². The van der Waals surface area contributed by atoms with Gasteiger partial charge in [-0.2, -0.15) is 0 Å². The molecule has 0 spiro atoms. The molecule has 1 unspecified atom stereocenters. The monoisotopic (exact) mass is 524 g/mol. The number of para-hydroxylation sites is 1. The first-order chi connectivity index (χ1) is 17.8. The zero-order valence-electron chi connectivity index (χ0n) is 21.3. The Morgan fingerprint density at radius 2 is 1.81 bits per heavy atom. The predicted octanol–water partition coefficient (Wildman–Crippen LogP) is 4.55. The third kappa shape index (κ3) is 7.36. The molecular weight excluding hydrogens is 491 g/mol. The lowest BCUT2D eigenvalue weighted by Crippen LogP contribution is -2.32. The summed E-state index contributed by atoms with van der Waals surface area (Å²) in [6.45, 7) is 7.11. The van der Waals surface area contributed by atoms with Gasteiger partial charge in [-0.05, 0) is 44.0 Å². The third-order valence-corrected chi connectivity index (χ3v) is 7.54. The summed E-state index contributed by atoms with van der Waals surface area (Å²) in [5.74, 6) is 0.816. The smallest absolute Gasteiger partial charge is 0.342 e. The van der Waals surface area contributed by atoms with Gasteiger partial charge >= 0.3 is 7.52 Å². The Bertz CT molecular complexity index is 1350. The van der Waals surface area contributed by atoms with Crippen LogP contribution in [0.4, 0.5) is 5.82 Å². The van der Waals surface area contributed by atoms with Crippen LogP contribution in [0.5, 0.6) is 5.75 Å². The van der Waals surface area contributed by atoms with Crippen LogP contribution in [-0.2, 0) is 27.2 Å². The Balaban J connectivity index is 1.37. The summed E-state index contributed by atoms with van der Waals surface area (Å²) in [6, 6.07) is 16.9. The second-order valence-corrected chi connectivity index (χ2v) is 11.0. The molecular formula is C26H33N6O4P. The molecule has 0 aliphatic carbocycles. The van der Waals surface area contributed by atoms with Crippen molar-refractivity contribution in [2.24, 2.45) is 0 Å². The molecule has 0 saturated heterocycles. The molecule has 37 heavy (non-hydrogen) atoms. The summed E-state index contributed by atoms with van der Waals surface area (Å²) in [7, 11) is -3.44. The molecule has 11 heteroatoms. The van der Waals surface area contributed by atoms with Gasteiger partial charge in [0.2, 0.25) is 0 Å². The minimum atomic E-state index is -3.44. The van der Waals surface area contributed by atoms with E-state index < -0.39 is 7.52 Å². The molecule has 4 aromatic rings. The van der Waals surface area contributed by atoms with Crippen LogP contribution in [0.15, 0.2) is 67.3 Å². The first kappa shape index (κ1) is 26.8. The standard InChI is InChI=1S/C26H33N6O4P/c1-19-9-7-8-10-22(19)15-34-14-20(2)31-37(33,36-23-11-5-4-6-12-23)18-35-21(3)13-32-17-30-24-25(27)28-16-29-26(24)32/h4-12,16-17,20-21H,13-15,18H2,1-3H3,(H,31,33)(H2,27,28,29)/t20-,21-,37?/m1/s1. The number of benzene rings is 2. The fraction of sp³-hybridized carbons (Fsp3) is 0.346. The summed E-state index contributed by atoms with van der Waals surface area (Å²) in [4.78, 5) is 12.5. The lowest BCUT2D eigenvalue weighted by Gasteiger charge is -2.25. The molecule has 10 nitrogen and oxygen atoms in total. The van der Waals surface area contributed by atoms with Gasteiger partial charge in [0.05, 0.1) is 32.2 Å². The van der Waals surface area contributed by atoms with Gasteiger partial charge in [0, 0.05) is 6.04 Å². The molecule has 0 aliphatic rings. The lowest BCUT2D eigenvalue weighted by molar-refractivity contribution is 0.0799. The topological polar surface area (TPSA) is 126 Å². The highest BCUT2D eigenvalue weighted by atomic mass is 31.2. The normalized spacial score (nSPS) is 14.8. The molecule has 0 saturated carbocycles. The van der Waals surface area contributed by atoms with Crippen LogP contribution >= 0.6 is 7.52 Å². The summed E-state index contributed by atoms with van der Waals surface area (Å²) in [5, 5.41) is 3.12. The molecule has 3 atom stereocenters. The Morgan fingerprint density at radius 3 is 2.59 bits per heavy atom. The number of imidazole rings is 1. The maximum atomic E-state index is 13.9. The number of aromatic nitrogens is 4. The molecule has 4 rings (SSSR count). The van der Waals surface area contributed by atoms with E-state index >= 15 is 0 Å². The van der Waals surface area contributed by atoms with Gasteiger partial charge in [-0.3, -0.25) is 4.57 Å². The SMILES string of the molecule is Cc1ccccc1COC[C@@H](C)NP(=O)(CO[C@H](C)Cn1cnc2c(N)ncnc21)Oc1ccccc1. The molecule has 0 amide bonds. The van der Waals surface area contributed by atoms with Crippen LogP contribution in [0.3, 0.4) is 0 Å². The number of hydrogen-bond donors (Lipinski definition) is 2. The molecule has 2 heterocycles. The Hall–Kier alpha value is -3.30. The van der Waals surface area contributed by atoms with Gasteiger partial charge in [-0.1, -0.05) is 42.5 Å². The van der Waals surface area contributed by atoms with Crippen molar-refractivity contribution in [1.29, 1.82) is 0 Å². The van der Waals surface area contributed by atoms with E-state index in [1.165, 1.54) is 11.9 Å². The van der Waals surface area contributed by atoms with E-state index in [1.54, 1.807) is 18.5 Å². The number of nitrogens with one attached hydrogen (secondary N) is 1. The molecule has 0 bridgehead atoms. The van der Waals surface area contributed by atoms with E-state index in [-0.39, 0.29) is 18.5 Å². The maximum absolute atomic E-state index is 13.9.